The van der Waals surface area contributed by atoms with Crippen LogP contribution in [0.3, 0.4) is 0 Å². The Morgan fingerprint density at radius 1 is 1.07 bits per heavy atom. The van der Waals surface area contributed by atoms with E-state index in [0.717, 1.165) is 40.3 Å². The highest BCUT2D eigenvalue weighted by atomic mass is 16.6. The fourth-order valence-corrected chi connectivity index (χ4v) is 4.10. The Bertz CT molecular complexity index is 1170. The molecule has 2 heterocycles. The van der Waals surface area contributed by atoms with Crippen LogP contribution in [0.1, 0.15) is 35.9 Å². The third kappa shape index (κ3) is 3.20. The van der Waals surface area contributed by atoms with Crippen LogP contribution in [-0.2, 0) is 4.79 Å². The SMILES string of the molecule is CCCN1C(=O)/C(=C\c2cc(C)n(-c3ccc([N+](=O)[O-])cc3)c2C)c2ccccc21. The average molecular weight is 401 g/mol. The number of benzene rings is 2. The Kier molecular flexibility index (Phi) is 4.99. The number of aryl methyl sites for hydroxylation is 1. The summed E-state index contributed by atoms with van der Waals surface area (Å²) >= 11 is 0. The number of fused-ring (bicyclic) bond motifs is 1. The van der Waals surface area contributed by atoms with E-state index in [1.165, 1.54) is 12.1 Å². The van der Waals surface area contributed by atoms with E-state index in [1.807, 2.05) is 59.7 Å². The Labute approximate surface area is 175 Å². The van der Waals surface area contributed by atoms with Gasteiger partial charge in [-0.2, -0.15) is 0 Å². The molecular formula is C24H23N3O3. The molecular weight excluding hydrogens is 378 g/mol. The van der Waals surface area contributed by atoms with Crippen LogP contribution in [0.15, 0.2) is 54.6 Å². The first-order valence-electron chi connectivity index (χ1n) is 9.99. The monoisotopic (exact) mass is 401 g/mol. The first kappa shape index (κ1) is 19.6. The van der Waals surface area contributed by atoms with E-state index >= 15 is 0 Å². The molecule has 0 aliphatic carbocycles. The molecule has 6 heteroatoms. The second-order valence-corrected chi connectivity index (χ2v) is 7.47. The van der Waals surface area contributed by atoms with Gasteiger partial charge in [0.1, 0.15) is 0 Å². The van der Waals surface area contributed by atoms with Gasteiger partial charge in [-0.1, -0.05) is 25.1 Å². The smallest absolute Gasteiger partial charge is 0.269 e. The zero-order chi connectivity index (χ0) is 21.4. The zero-order valence-electron chi connectivity index (χ0n) is 17.3. The largest absolute Gasteiger partial charge is 0.318 e. The fourth-order valence-electron chi connectivity index (χ4n) is 4.10. The molecule has 4 rings (SSSR count). The summed E-state index contributed by atoms with van der Waals surface area (Å²) in [7, 11) is 0. The van der Waals surface area contributed by atoms with Crippen molar-refractivity contribution in [1.82, 2.24) is 4.57 Å². The van der Waals surface area contributed by atoms with Gasteiger partial charge in [0.2, 0.25) is 0 Å². The van der Waals surface area contributed by atoms with E-state index in [4.69, 9.17) is 0 Å². The van der Waals surface area contributed by atoms with Crippen molar-refractivity contribution in [2.75, 3.05) is 11.4 Å². The third-order valence-electron chi connectivity index (χ3n) is 5.50. The molecule has 0 fully saturated rings. The minimum absolute atomic E-state index is 0.0261. The maximum atomic E-state index is 13.1. The summed E-state index contributed by atoms with van der Waals surface area (Å²) in [5, 5.41) is 10.9. The lowest BCUT2D eigenvalue weighted by molar-refractivity contribution is -0.384. The van der Waals surface area contributed by atoms with Crippen molar-refractivity contribution in [3.05, 3.63) is 87.2 Å². The van der Waals surface area contributed by atoms with Crippen LogP contribution in [0.4, 0.5) is 11.4 Å². The molecule has 1 aromatic heterocycles. The predicted molar refractivity (Wildman–Crippen MR) is 119 cm³/mol. The summed E-state index contributed by atoms with van der Waals surface area (Å²) in [5.41, 5.74) is 6.46. The number of hydrogen-bond donors (Lipinski definition) is 0. The summed E-state index contributed by atoms with van der Waals surface area (Å²) in [6.07, 6.45) is 2.85. The van der Waals surface area contributed by atoms with Crippen LogP contribution < -0.4 is 4.90 Å². The number of aromatic nitrogens is 1. The van der Waals surface area contributed by atoms with Crippen molar-refractivity contribution in [2.45, 2.75) is 27.2 Å². The highest BCUT2D eigenvalue weighted by Crippen LogP contribution is 2.38. The van der Waals surface area contributed by atoms with Crippen LogP contribution in [0.25, 0.3) is 17.3 Å². The number of carbonyl (C=O) groups is 1. The van der Waals surface area contributed by atoms with E-state index in [-0.39, 0.29) is 11.6 Å². The lowest BCUT2D eigenvalue weighted by atomic mass is 10.0. The molecule has 0 radical (unpaired) electrons. The van der Waals surface area contributed by atoms with Gasteiger partial charge in [-0.05, 0) is 56.2 Å². The van der Waals surface area contributed by atoms with Crippen molar-refractivity contribution in [1.29, 1.82) is 0 Å². The molecule has 0 unspecified atom stereocenters. The van der Waals surface area contributed by atoms with Gasteiger partial charge < -0.3 is 9.47 Å². The van der Waals surface area contributed by atoms with Crippen molar-refractivity contribution in [3.8, 4) is 5.69 Å². The molecule has 1 aliphatic rings. The minimum Gasteiger partial charge on any atom is -0.318 e. The minimum atomic E-state index is -0.403. The molecule has 1 aliphatic heterocycles. The van der Waals surface area contributed by atoms with Gasteiger partial charge in [-0.15, -0.1) is 0 Å². The van der Waals surface area contributed by atoms with Crippen molar-refractivity contribution in [3.63, 3.8) is 0 Å². The summed E-state index contributed by atoms with van der Waals surface area (Å²) in [6, 6.07) is 16.4. The number of rotatable bonds is 5. The number of anilines is 1. The van der Waals surface area contributed by atoms with Gasteiger partial charge in [-0.3, -0.25) is 14.9 Å². The summed E-state index contributed by atoms with van der Waals surface area (Å²) < 4.78 is 2.05. The molecule has 0 bridgehead atoms. The number of carbonyl (C=O) groups excluding carboxylic acids is 1. The Hall–Kier alpha value is -3.67. The Morgan fingerprint density at radius 2 is 1.77 bits per heavy atom. The first-order chi connectivity index (χ1) is 14.4. The Morgan fingerprint density at radius 3 is 2.43 bits per heavy atom. The molecule has 3 aromatic rings. The summed E-state index contributed by atoms with van der Waals surface area (Å²) in [5.74, 6) is 0.0261. The van der Waals surface area contributed by atoms with Crippen LogP contribution in [0.2, 0.25) is 0 Å². The number of nitrogens with zero attached hydrogens (tertiary/aromatic N) is 3. The molecule has 2 aromatic carbocycles. The van der Waals surface area contributed by atoms with E-state index < -0.39 is 4.92 Å². The van der Waals surface area contributed by atoms with E-state index in [1.54, 1.807) is 12.1 Å². The summed E-state index contributed by atoms with van der Waals surface area (Å²) in [4.78, 5) is 25.5. The molecule has 0 saturated carbocycles. The van der Waals surface area contributed by atoms with Gasteiger partial charge in [0.05, 0.1) is 10.6 Å². The van der Waals surface area contributed by atoms with Gasteiger partial charge in [0.15, 0.2) is 0 Å². The second-order valence-electron chi connectivity index (χ2n) is 7.47. The van der Waals surface area contributed by atoms with E-state index in [9.17, 15) is 14.9 Å². The Balaban J connectivity index is 1.78. The van der Waals surface area contributed by atoms with Gasteiger partial charge in [0, 0.05) is 46.9 Å². The number of amides is 1. The van der Waals surface area contributed by atoms with Crippen molar-refractivity contribution in [2.24, 2.45) is 0 Å². The maximum absolute atomic E-state index is 13.1. The average Bonchev–Trinajstić information content (AvgIpc) is 3.16. The highest BCUT2D eigenvalue weighted by molar-refractivity contribution is 6.35. The second kappa shape index (κ2) is 7.63. The molecule has 6 nitrogen and oxygen atoms in total. The third-order valence-corrected chi connectivity index (χ3v) is 5.50. The van der Waals surface area contributed by atoms with Crippen LogP contribution in [0.5, 0.6) is 0 Å². The number of non-ortho nitro benzene ring substituents is 1. The molecule has 0 atom stereocenters. The van der Waals surface area contributed by atoms with Crippen LogP contribution in [0, 0.1) is 24.0 Å². The predicted octanol–water partition coefficient (Wildman–Crippen LogP) is 5.30. The lowest BCUT2D eigenvalue weighted by Gasteiger charge is -2.15. The number of nitro groups is 1. The van der Waals surface area contributed by atoms with Crippen molar-refractivity contribution >= 4 is 28.9 Å². The molecule has 30 heavy (non-hydrogen) atoms. The molecule has 1 amide bonds. The van der Waals surface area contributed by atoms with E-state index in [0.29, 0.717) is 12.1 Å². The topological polar surface area (TPSA) is 68.4 Å². The van der Waals surface area contributed by atoms with Gasteiger partial charge in [0.25, 0.3) is 11.6 Å². The van der Waals surface area contributed by atoms with Gasteiger partial charge >= 0.3 is 0 Å². The fraction of sp³-hybridized carbons (Fsp3) is 0.208. The van der Waals surface area contributed by atoms with E-state index in [2.05, 4.69) is 6.92 Å². The zero-order valence-corrected chi connectivity index (χ0v) is 17.3. The number of para-hydroxylation sites is 1. The standard InChI is InChI=1S/C24H23N3O3/c1-4-13-25-23-8-6-5-7-21(23)22(24(25)28)15-18-14-16(2)26(17(18)3)19-9-11-20(12-10-19)27(29)30/h5-12,14-15H,4,13H2,1-3H3/b22-15-. The number of hydrogen-bond acceptors (Lipinski definition) is 3. The van der Waals surface area contributed by atoms with Crippen LogP contribution >= 0.6 is 0 Å². The normalized spacial score (nSPS) is 14.4. The molecule has 152 valence electrons. The lowest BCUT2D eigenvalue weighted by Crippen LogP contribution is -2.26. The summed E-state index contributed by atoms with van der Waals surface area (Å²) in [6.45, 7) is 6.74. The quantitative estimate of drug-likeness (QED) is 0.331. The molecule has 0 spiro atoms. The van der Waals surface area contributed by atoms with Crippen molar-refractivity contribution < 1.29 is 9.72 Å². The van der Waals surface area contributed by atoms with Gasteiger partial charge in [-0.25, -0.2) is 0 Å². The highest BCUT2D eigenvalue weighted by Gasteiger charge is 2.31. The number of nitro benzene ring substituents is 1. The first-order valence-corrected chi connectivity index (χ1v) is 9.99. The maximum Gasteiger partial charge on any atom is 0.269 e. The van der Waals surface area contributed by atoms with Crippen LogP contribution in [-0.4, -0.2) is 21.9 Å². The molecule has 0 N–H and O–H groups in total. The molecule has 0 saturated heterocycles.